The van der Waals surface area contributed by atoms with Gasteiger partial charge in [-0.05, 0) is 31.5 Å². The molecule has 0 bridgehead atoms. The number of likely N-dealkylation sites (N-methyl/N-ethyl adjacent to an activating group) is 1. The number of carbonyl (C=O) groups is 1. The van der Waals surface area contributed by atoms with Gasteiger partial charge in [-0.25, -0.2) is 0 Å². The van der Waals surface area contributed by atoms with Crippen molar-refractivity contribution in [3.05, 3.63) is 33.8 Å². The first-order valence-electron chi connectivity index (χ1n) is 5.91. The van der Waals surface area contributed by atoms with Gasteiger partial charge in [0.15, 0.2) is 0 Å². The molecule has 0 radical (unpaired) electrons. The molecule has 1 N–H and O–H groups in total. The maximum Gasteiger partial charge on any atom is 0.254 e. The summed E-state index contributed by atoms with van der Waals surface area (Å²) in [6.07, 6.45) is 0. The predicted molar refractivity (Wildman–Crippen MR) is 72.2 cm³/mol. The summed E-state index contributed by atoms with van der Waals surface area (Å²) in [7, 11) is 0. The van der Waals surface area contributed by atoms with Crippen LogP contribution in [0, 0.1) is 6.92 Å². The molecule has 0 saturated carbocycles. The average molecular weight is 297 g/mol. The third-order valence-electron chi connectivity index (χ3n) is 3.23. The summed E-state index contributed by atoms with van der Waals surface area (Å²) in [6.45, 7) is 6.59. The summed E-state index contributed by atoms with van der Waals surface area (Å²) >= 11 is 3.42. The van der Waals surface area contributed by atoms with Crippen LogP contribution in [0.2, 0.25) is 0 Å². The van der Waals surface area contributed by atoms with E-state index in [2.05, 4.69) is 21.2 Å². The third kappa shape index (κ3) is 2.53. The van der Waals surface area contributed by atoms with Crippen LogP contribution in [-0.4, -0.2) is 36.5 Å². The van der Waals surface area contributed by atoms with E-state index in [1.54, 1.807) is 0 Å². The number of rotatable bonds is 3. The van der Waals surface area contributed by atoms with Gasteiger partial charge >= 0.3 is 0 Å². The second-order valence-corrected chi connectivity index (χ2v) is 5.28. The van der Waals surface area contributed by atoms with E-state index in [9.17, 15) is 4.79 Å². The van der Waals surface area contributed by atoms with Gasteiger partial charge < -0.3 is 10.2 Å². The topological polar surface area (TPSA) is 32.3 Å². The number of nitrogens with one attached hydrogen (secondary N) is 1. The summed E-state index contributed by atoms with van der Waals surface area (Å²) in [5.41, 5.74) is 1.83. The molecular formula is C13H17BrN2O. The van der Waals surface area contributed by atoms with Crippen LogP contribution in [0.25, 0.3) is 0 Å². The smallest absolute Gasteiger partial charge is 0.254 e. The lowest BCUT2D eigenvalue weighted by Gasteiger charge is -2.38. The number of nitrogens with zero attached hydrogens (tertiary/aromatic N) is 1. The molecule has 1 fully saturated rings. The lowest BCUT2D eigenvalue weighted by atomic mass is 10.0. The maximum absolute atomic E-state index is 12.5. The Bertz CT molecular complexity index is 429. The zero-order valence-electron chi connectivity index (χ0n) is 10.2. The monoisotopic (exact) mass is 296 g/mol. The molecule has 1 amide bonds. The lowest BCUT2D eigenvalue weighted by molar-refractivity contribution is 0.0629. The fourth-order valence-electron chi connectivity index (χ4n) is 2.04. The Kier molecular flexibility index (Phi) is 3.84. The van der Waals surface area contributed by atoms with Crippen molar-refractivity contribution in [1.29, 1.82) is 0 Å². The van der Waals surface area contributed by atoms with Crippen molar-refractivity contribution in [2.24, 2.45) is 0 Å². The molecule has 2 rings (SSSR count). The Morgan fingerprint density at radius 3 is 2.76 bits per heavy atom. The maximum atomic E-state index is 12.5. The molecule has 1 heterocycles. The van der Waals surface area contributed by atoms with Gasteiger partial charge in [0, 0.05) is 29.7 Å². The molecular weight excluding hydrogens is 280 g/mol. The number of halogens is 1. The highest BCUT2D eigenvalue weighted by atomic mass is 79.9. The van der Waals surface area contributed by atoms with E-state index in [1.165, 1.54) is 0 Å². The van der Waals surface area contributed by atoms with Gasteiger partial charge in [0.05, 0.1) is 6.04 Å². The van der Waals surface area contributed by atoms with Crippen molar-refractivity contribution in [1.82, 2.24) is 10.2 Å². The van der Waals surface area contributed by atoms with Crippen LogP contribution in [-0.2, 0) is 0 Å². The van der Waals surface area contributed by atoms with Crippen molar-refractivity contribution in [2.75, 3.05) is 19.6 Å². The third-order valence-corrected chi connectivity index (χ3v) is 3.73. The molecule has 1 aromatic carbocycles. The largest absolute Gasteiger partial charge is 0.333 e. The second-order valence-electron chi connectivity index (χ2n) is 4.36. The molecule has 1 aliphatic rings. The molecule has 4 heteroatoms. The van der Waals surface area contributed by atoms with Crippen LogP contribution in [0.3, 0.4) is 0 Å². The number of aryl methyl sites for hydroxylation is 1. The molecule has 0 aromatic heterocycles. The zero-order valence-corrected chi connectivity index (χ0v) is 11.8. The van der Waals surface area contributed by atoms with Crippen molar-refractivity contribution in [2.45, 2.75) is 19.9 Å². The van der Waals surface area contributed by atoms with E-state index in [-0.39, 0.29) is 5.91 Å². The van der Waals surface area contributed by atoms with Gasteiger partial charge in [0.2, 0.25) is 0 Å². The summed E-state index contributed by atoms with van der Waals surface area (Å²) in [4.78, 5) is 14.4. The Balaban J connectivity index is 2.25. The van der Waals surface area contributed by atoms with Crippen LogP contribution in [0.4, 0.5) is 0 Å². The van der Waals surface area contributed by atoms with E-state index in [1.807, 2.05) is 36.9 Å². The highest BCUT2D eigenvalue weighted by Gasteiger charge is 2.28. The first kappa shape index (κ1) is 12.6. The van der Waals surface area contributed by atoms with Crippen LogP contribution in [0.5, 0.6) is 0 Å². The number of hydrogen-bond donors (Lipinski definition) is 1. The standard InChI is InChI=1S/C13H17BrN2O/c1-3-16(11-7-15-8-11)13(17)12-6-10(14)5-4-9(12)2/h4-6,11,15H,3,7-8H2,1-2H3. The van der Waals surface area contributed by atoms with E-state index in [0.717, 1.165) is 35.2 Å². The highest BCUT2D eigenvalue weighted by molar-refractivity contribution is 9.10. The van der Waals surface area contributed by atoms with Crippen molar-refractivity contribution in [3.63, 3.8) is 0 Å². The Morgan fingerprint density at radius 1 is 1.53 bits per heavy atom. The van der Waals surface area contributed by atoms with Crippen LogP contribution >= 0.6 is 15.9 Å². The summed E-state index contributed by atoms with van der Waals surface area (Å²) in [5.74, 6) is 0.137. The molecule has 0 atom stereocenters. The van der Waals surface area contributed by atoms with E-state index in [4.69, 9.17) is 0 Å². The lowest BCUT2D eigenvalue weighted by Crippen LogP contribution is -2.58. The fourth-order valence-corrected chi connectivity index (χ4v) is 2.40. The molecule has 1 aromatic rings. The van der Waals surface area contributed by atoms with E-state index in [0.29, 0.717) is 6.04 Å². The molecule has 0 spiro atoms. The number of hydrogen-bond acceptors (Lipinski definition) is 2. The Labute approximate surface area is 110 Å². The fraction of sp³-hybridized carbons (Fsp3) is 0.462. The van der Waals surface area contributed by atoms with Gasteiger partial charge in [-0.15, -0.1) is 0 Å². The van der Waals surface area contributed by atoms with Crippen LogP contribution < -0.4 is 5.32 Å². The van der Waals surface area contributed by atoms with Crippen molar-refractivity contribution in [3.8, 4) is 0 Å². The molecule has 3 nitrogen and oxygen atoms in total. The first-order valence-corrected chi connectivity index (χ1v) is 6.70. The Hall–Kier alpha value is -0.870. The summed E-state index contributed by atoms with van der Waals surface area (Å²) in [6, 6.07) is 6.20. The van der Waals surface area contributed by atoms with Gasteiger partial charge in [0.1, 0.15) is 0 Å². The molecule has 1 saturated heterocycles. The quantitative estimate of drug-likeness (QED) is 0.927. The zero-order chi connectivity index (χ0) is 12.4. The second kappa shape index (κ2) is 5.19. The Morgan fingerprint density at radius 2 is 2.24 bits per heavy atom. The van der Waals surface area contributed by atoms with Gasteiger partial charge in [-0.3, -0.25) is 4.79 Å². The molecule has 1 aliphatic heterocycles. The number of carbonyl (C=O) groups excluding carboxylic acids is 1. The van der Waals surface area contributed by atoms with Crippen molar-refractivity contribution < 1.29 is 4.79 Å². The molecule has 17 heavy (non-hydrogen) atoms. The molecule has 0 aliphatic carbocycles. The average Bonchev–Trinajstić information content (AvgIpc) is 2.25. The van der Waals surface area contributed by atoms with Crippen LogP contribution in [0.15, 0.2) is 22.7 Å². The van der Waals surface area contributed by atoms with Gasteiger partial charge in [0.25, 0.3) is 5.91 Å². The van der Waals surface area contributed by atoms with Gasteiger partial charge in [-0.2, -0.15) is 0 Å². The van der Waals surface area contributed by atoms with Gasteiger partial charge in [-0.1, -0.05) is 22.0 Å². The summed E-state index contributed by atoms with van der Waals surface area (Å²) < 4.78 is 0.953. The first-order chi connectivity index (χ1) is 8.13. The number of amides is 1. The molecule has 92 valence electrons. The minimum atomic E-state index is 0.137. The predicted octanol–water partition coefficient (Wildman–Crippen LogP) is 2.19. The minimum absolute atomic E-state index is 0.137. The molecule has 0 unspecified atom stereocenters. The minimum Gasteiger partial charge on any atom is -0.333 e. The highest BCUT2D eigenvalue weighted by Crippen LogP contribution is 2.19. The number of benzene rings is 1. The van der Waals surface area contributed by atoms with Crippen LogP contribution in [0.1, 0.15) is 22.8 Å². The SMILES string of the molecule is CCN(C(=O)c1cc(Br)ccc1C)C1CNC1. The van der Waals surface area contributed by atoms with E-state index < -0.39 is 0 Å². The normalized spacial score (nSPS) is 15.5. The summed E-state index contributed by atoms with van der Waals surface area (Å²) in [5, 5.41) is 3.21. The van der Waals surface area contributed by atoms with E-state index >= 15 is 0 Å². The van der Waals surface area contributed by atoms with Crippen molar-refractivity contribution >= 4 is 21.8 Å².